The summed E-state index contributed by atoms with van der Waals surface area (Å²) in [6.07, 6.45) is 0.651. The molecule has 1 rings (SSSR count). The summed E-state index contributed by atoms with van der Waals surface area (Å²) in [6.45, 7) is 2.06. The molecule has 0 bridgehead atoms. The van der Waals surface area contributed by atoms with Gasteiger partial charge in [0.15, 0.2) is 0 Å². The minimum atomic E-state index is -1.15. The molecule has 1 heterocycles. The summed E-state index contributed by atoms with van der Waals surface area (Å²) in [4.78, 5) is 22.2. The Bertz CT molecular complexity index is 218. The summed E-state index contributed by atoms with van der Waals surface area (Å²) < 4.78 is -0.502. The molecule has 1 fully saturated rings. The lowest BCUT2D eigenvalue weighted by Gasteiger charge is -2.42. The van der Waals surface area contributed by atoms with E-state index in [1.54, 1.807) is 13.2 Å². The highest BCUT2D eigenvalue weighted by Gasteiger charge is 2.50. The molecule has 0 aromatic heterocycles. The van der Waals surface area contributed by atoms with E-state index in [1.165, 1.54) is 11.8 Å². The number of hydrogen-bond acceptors (Lipinski definition) is 3. The molecule has 0 radical (unpaired) electrons. The van der Waals surface area contributed by atoms with Gasteiger partial charge in [0.05, 0.1) is 6.54 Å². The van der Waals surface area contributed by atoms with E-state index in [4.69, 9.17) is 5.11 Å². The van der Waals surface area contributed by atoms with Crippen molar-refractivity contribution < 1.29 is 14.7 Å². The normalized spacial score (nSPS) is 30.0. The molecule has 2 amide bonds. The zero-order chi connectivity index (χ0) is 8.65. The lowest BCUT2D eigenvalue weighted by Crippen LogP contribution is -2.64. The van der Waals surface area contributed by atoms with E-state index in [1.807, 2.05) is 0 Å². The fourth-order valence-electron chi connectivity index (χ4n) is 0.942. The first-order valence-electron chi connectivity index (χ1n) is 3.11. The largest absolute Gasteiger partial charge is 0.465 e. The zero-order valence-corrected chi connectivity index (χ0v) is 7.14. The molecule has 1 aliphatic heterocycles. The maximum Gasteiger partial charge on any atom is 0.414 e. The van der Waals surface area contributed by atoms with E-state index in [0.29, 0.717) is 6.54 Å². The van der Waals surface area contributed by atoms with Crippen LogP contribution in [-0.4, -0.2) is 39.6 Å². The first kappa shape index (κ1) is 8.39. The van der Waals surface area contributed by atoms with Gasteiger partial charge in [-0.2, -0.15) is 0 Å². The lowest BCUT2D eigenvalue weighted by molar-refractivity contribution is -0.140. The van der Waals surface area contributed by atoms with Crippen molar-refractivity contribution in [2.45, 2.75) is 11.7 Å². The molecule has 0 aromatic rings. The van der Waals surface area contributed by atoms with Crippen molar-refractivity contribution in [3.8, 4) is 0 Å². The second kappa shape index (κ2) is 2.41. The SMILES string of the molecule is CS[C@@]1(C)CN(C(=O)O)C1=O. The van der Waals surface area contributed by atoms with Crippen LogP contribution in [0.5, 0.6) is 0 Å². The number of thioether (sulfide) groups is 1. The standard InChI is InChI=1S/C6H9NO3S/c1-6(11-2)3-7(4(6)8)5(9)10/h3H2,1-2H3,(H,9,10)/t6-/m0/s1. The van der Waals surface area contributed by atoms with Gasteiger partial charge in [0.1, 0.15) is 4.75 Å². The van der Waals surface area contributed by atoms with Crippen molar-refractivity contribution in [2.24, 2.45) is 0 Å². The van der Waals surface area contributed by atoms with Gasteiger partial charge in [0.2, 0.25) is 5.91 Å². The lowest BCUT2D eigenvalue weighted by atomic mass is 10.0. The highest BCUT2D eigenvalue weighted by molar-refractivity contribution is 8.00. The predicted molar refractivity (Wildman–Crippen MR) is 41.7 cm³/mol. The van der Waals surface area contributed by atoms with Crippen LogP contribution in [-0.2, 0) is 4.79 Å². The summed E-state index contributed by atoms with van der Waals surface area (Å²) in [5.74, 6) is -0.308. The summed E-state index contributed by atoms with van der Waals surface area (Å²) in [5.41, 5.74) is 0. The van der Waals surface area contributed by atoms with Crippen molar-refractivity contribution in [1.82, 2.24) is 4.90 Å². The summed E-state index contributed by atoms with van der Waals surface area (Å²) >= 11 is 1.39. The molecule has 0 unspecified atom stereocenters. The third-order valence-corrected chi connectivity index (χ3v) is 3.04. The number of carbonyl (C=O) groups excluding carboxylic acids is 1. The topological polar surface area (TPSA) is 57.6 Å². The van der Waals surface area contributed by atoms with Crippen LogP contribution in [0.15, 0.2) is 0 Å². The summed E-state index contributed by atoms with van der Waals surface area (Å²) in [7, 11) is 0. The molecule has 0 spiro atoms. The minimum absolute atomic E-state index is 0.308. The number of amides is 2. The van der Waals surface area contributed by atoms with Gasteiger partial charge in [-0.3, -0.25) is 4.79 Å². The fraction of sp³-hybridized carbons (Fsp3) is 0.667. The van der Waals surface area contributed by atoms with Gasteiger partial charge in [-0.1, -0.05) is 0 Å². The van der Waals surface area contributed by atoms with Crippen LogP contribution >= 0.6 is 11.8 Å². The monoisotopic (exact) mass is 175 g/mol. The van der Waals surface area contributed by atoms with Crippen molar-refractivity contribution in [3.63, 3.8) is 0 Å². The minimum Gasteiger partial charge on any atom is -0.465 e. The Balaban J connectivity index is 2.64. The Kier molecular flexibility index (Phi) is 1.83. The van der Waals surface area contributed by atoms with E-state index in [0.717, 1.165) is 4.90 Å². The first-order valence-corrected chi connectivity index (χ1v) is 4.34. The van der Waals surface area contributed by atoms with E-state index in [9.17, 15) is 9.59 Å². The fourth-order valence-corrected chi connectivity index (χ4v) is 1.48. The van der Waals surface area contributed by atoms with Gasteiger partial charge < -0.3 is 5.11 Å². The Hall–Kier alpha value is -0.710. The second-order valence-electron chi connectivity index (χ2n) is 2.61. The van der Waals surface area contributed by atoms with Crippen molar-refractivity contribution in [3.05, 3.63) is 0 Å². The van der Waals surface area contributed by atoms with Crippen LogP contribution in [0.4, 0.5) is 4.79 Å². The Morgan fingerprint density at radius 1 is 1.82 bits per heavy atom. The van der Waals surface area contributed by atoms with Gasteiger partial charge in [-0.25, -0.2) is 9.69 Å². The third-order valence-electron chi connectivity index (χ3n) is 1.84. The average molecular weight is 175 g/mol. The molecule has 0 aromatic carbocycles. The van der Waals surface area contributed by atoms with Crippen molar-refractivity contribution in [1.29, 1.82) is 0 Å². The van der Waals surface area contributed by atoms with Crippen LogP contribution < -0.4 is 0 Å². The number of imide groups is 1. The number of β-lactam (4-membered cyclic amide) rings is 1. The average Bonchev–Trinajstić information content (AvgIpc) is 1.98. The van der Waals surface area contributed by atoms with Crippen LogP contribution in [0.2, 0.25) is 0 Å². The first-order chi connectivity index (χ1) is 5.01. The molecular weight excluding hydrogens is 166 g/mol. The smallest absolute Gasteiger partial charge is 0.414 e. The molecule has 11 heavy (non-hydrogen) atoms. The molecule has 1 atom stereocenters. The Labute approximate surface area is 68.6 Å². The molecule has 4 nitrogen and oxygen atoms in total. The number of carbonyl (C=O) groups is 2. The van der Waals surface area contributed by atoms with Crippen molar-refractivity contribution >= 4 is 23.8 Å². The molecule has 0 saturated carbocycles. The molecule has 0 aliphatic carbocycles. The number of rotatable bonds is 1. The number of hydrogen-bond donors (Lipinski definition) is 1. The third kappa shape index (κ3) is 1.09. The quantitative estimate of drug-likeness (QED) is 0.594. The maximum atomic E-state index is 11.1. The van der Waals surface area contributed by atoms with Crippen molar-refractivity contribution in [2.75, 3.05) is 12.8 Å². The van der Waals surface area contributed by atoms with Crippen LogP contribution in [0.25, 0.3) is 0 Å². The van der Waals surface area contributed by atoms with E-state index in [2.05, 4.69) is 0 Å². The molecule has 1 saturated heterocycles. The number of likely N-dealkylation sites (tertiary alicyclic amines) is 1. The highest BCUT2D eigenvalue weighted by Crippen LogP contribution is 2.34. The van der Waals surface area contributed by atoms with Gasteiger partial charge in [-0.05, 0) is 13.2 Å². The van der Waals surface area contributed by atoms with E-state index < -0.39 is 10.8 Å². The maximum absolute atomic E-state index is 11.1. The van der Waals surface area contributed by atoms with Crippen LogP contribution in [0.3, 0.4) is 0 Å². The highest BCUT2D eigenvalue weighted by atomic mass is 32.2. The molecular formula is C6H9NO3S. The number of carboxylic acid groups (broad SMARTS) is 1. The molecule has 1 aliphatic rings. The van der Waals surface area contributed by atoms with Gasteiger partial charge in [-0.15, -0.1) is 11.8 Å². The number of nitrogens with zero attached hydrogens (tertiary/aromatic N) is 1. The van der Waals surface area contributed by atoms with Gasteiger partial charge >= 0.3 is 6.09 Å². The summed E-state index contributed by atoms with van der Waals surface area (Å²) in [6, 6.07) is 0. The van der Waals surface area contributed by atoms with Gasteiger partial charge in [0.25, 0.3) is 0 Å². The van der Waals surface area contributed by atoms with E-state index in [-0.39, 0.29) is 5.91 Å². The van der Waals surface area contributed by atoms with E-state index >= 15 is 0 Å². The second-order valence-corrected chi connectivity index (χ2v) is 3.92. The Morgan fingerprint density at radius 2 is 2.36 bits per heavy atom. The summed E-state index contributed by atoms with van der Waals surface area (Å²) in [5, 5.41) is 8.43. The van der Waals surface area contributed by atoms with Crippen LogP contribution in [0, 0.1) is 0 Å². The molecule has 1 N–H and O–H groups in total. The van der Waals surface area contributed by atoms with Crippen LogP contribution in [0.1, 0.15) is 6.92 Å². The molecule has 5 heteroatoms. The zero-order valence-electron chi connectivity index (χ0n) is 6.33. The predicted octanol–water partition coefficient (Wildman–Crippen LogP) is 0.628. The van der Waals surface area contributed by atoms with Gasteiger partial charge in [0, 0.05) is 0 Å². The Morgan fingerprint density at radius 3 is 2.64 bits per heavy atom. The molecule has 62 valence electrons.